The highest BCUT2D eigenvalue weighted by Crippen LogP contribution is 2.27. The molecule has 1 aliphatic carbocycles. The number of rotatable bonds is 6. The van der Waals surface area contributed by atoms with Crippen LogP contribution in [0.4, 0.5) is 5.69 Å². The average molecular weight is 459 g/mol. The van der Waals surface area contributed by atoms with Gasteiger partial charge in [-0.15, -0.1) is 0 Å². The highest BCUT2D eigenvalue weighted by atomic mass is 79.9. The third kappa shape index (κ3) is 6.07. The van der Waals surface area contributed by atoms with Gasteiger partial charge < -0.3 is 15.4 Å². The van der Waals surface area contributed by atoms with Gasteiger partial charge in [-0.05, 0) is 85.1 Å². The Morgan fingerprint density at radius 3 is 2.24 bits per heavy atom. The molecule has 0 saturated heterocycles. The number of ether oxygens (including phenoxy) is 1. The van der Waals surface area contributed by atoms with E-state index in [2.05, 4.69) is 26.6 Å². The quantitative estimate of drug-likeness (QED) is 0.595. The molecule has 0 atom stereocenters. The predicted molar refractivity (Wildman–Crippen MR) is 119 cm³/mol. The molecule has 6 heteroatoms. The van der Waals surface area contributed by atoms with Gasteiger partial charge in [0.05, 0.1) is 10.6 Å². The van der Waals surface area contributed by atoms with E-state index in [9.17, 15) is 9.59 Å². The zero-order valence-electron chi connectivity index (χ0n) is 16.8. The van der Waals surface area contributed by atoms with Crippen molar-refractivity contribution in [3.05, 3.63) is 58.1 Å². The SMILES string of the molecule is CC(C)Oc1ccc(C(=O)Nc2ccc(C(=O)NC3CCCCC3)cc2)cc1Br. The van der Waals surface area contributed by atoms with Crippen molar-refractivity contribution < 1.29 is 14.3 Å². The Bertz CT molecular complexity index is 859. The van der Waals surface area contributed by atoms with Gasteiger partial charge in [0.2, 0.25) is 0 Å². The predicted octanol–water partition coefficient (Wildman–Crippen LogP) is 5.55. The largest absolute Gasteiger partial charge is 0.490 e. The molecule has 154 valence electrons. The van der Waals surface area contributed by atoms with Crippen LogP contribution in [-0.2, 0) is 0 Å². The van der Waals surface area contributed by atoms with Crippen LogP contribution in [0.1, 0.15) is 66.7 Å². The summed E-state index contributed by atoms with van der Waals surface area (Å²) in [6.07, 6.45) is 5.77. The number of amides is 2. The molecule has 1 aliphatic rings. The van der Waals surface area contributed by atoms with E-state index in [1.807, 2.05) is 13.8 Å². The minimum atomic E-state index is -0.221. The molecule has 0 radical (unpaired) electrons. The van der Waals surface area contributed by atoms with E-state index in [4.69, 9.17) is 4.74 Å². The third-order valence-electron chi connectivity index (χ3n) is 4.90. The maximum atomic E-state index is 12.5. The Morgan fingerprint density at radius 1 is 0.966 bits per heavy atom. The molecule has 1 fully saturated rings. The number of hydrogen-bond acceptors (Lipinski definition) is 3. The lowest BCUT2D eigenvalue weighted by atomic mass is 9.95. The molecule has 29 heavy (non-hydrogen) atoms. The van der Waals surface area contributed by atoms with E-state index >= 15 is 0 Å². The lowest BCUT2D eigenvalue weighted by Gasteiger charge is -2.22. The van der Waals surface area contributed by atoms with E-state index in [-0.39, 0.29) is 24.0 Å². The van der Waals surface area contributed by atoms with Gasteiger partial charge in [0, 0.05) is 22.9 Å². The van der Waals surface area contributed by atoms with E-state index in [0.717, 1.165) is 17.3 Å². The van der Waals surface area contributed by atoms with Crippen LogP contribution in [0.3, 0.4) is 0 Å². The summed E-state index contributed by atoms with van der Waals surface area (Å²) in [6, 6.07) is 12.5. The fourth-order valence-corrected chi connectivity index (χ4v) is 3.89. The van der Waals surface area contributed by atoms with Gasteiger partial charge in [-0.3, -0.25) is 9.59 Å². The molecule has 5 nitrogen and oxygen atoms in total. The molecular weight excluding hydrogens is 432 g/mol. The molecule has 1 saturated carbocycles. The first-order valence-electron chi connectivity index (χ1n) is 10.1. The summed E-state index contributed by atoms with van der Waals surface area (Å²) >= 11 is 3.45. The maximum Gasteiger partial charge on any atom is 0.255 e. The number of anilines is 1. The van der Waals surface area contributed by atoms with Gasteiger partial charge in [0.15, 0.2) is 0 Å². The van der Waals surface area contributed by atoms with Crippen molar-refractivity contribution in [3.8, 4) is 5.75 Å². The monoisotopic (exact) mass is 458 g/mol. The molecule has 0 aliphatic heterocycles. The number of benzene rings is 2. The average Bonchev–Trinajstić information content (AvgIpc) is 2.70. The Hall–Kier alpha value is -2.34. The summed E-state index contributed by atoms with van der Waals surface area (Å²) in [5.74, 6) is 0.422. The second-order valence-corrected chi connectivity index (χ2v) is 8.51. The van der Waals surface area contributed by atoms with Gasteiger partial charge in [-0.25, -0.2) is 0 Å². The van der Waals surface area contributed by atoms with Crippen molar-refractivity contribution in [2.24, 2.45) is 0 Å². The zero-order valence-corrected chi connectivity index (χ0v) is 18.4. The minimum absolute atomic E-state index is 0.0554. The fraction of sp³-hybridized carbons (Fsp3) is 0.391. The van der Waals surface area contributed by atoms with E-state index in [0.29, 0.717) is 22.6 Å². The molecular formula is C23H27BrN2O3. The smallest absolute Gasteiger partial charge is 0.255 e. The molecule has 0 unspecified atom stereocenters. The van der Waals surface area contributed by atoms with Crippen LogP contribution in [0.25, 0.3) is 0 Å². The van der Waals surface area contributed by atoms with Crippen LogP contribution in [0.5, 0.6) is 5.75 Å². The molecule has 0 bridgehead atoms. The Labute approximate surface area is 180 Å². The number of hydrogen-bond donors (Lipinski definition) is 2. The first-order valence-corrected chi connectivity index (χ1v) is 10.9. The highest BCUT2D eigenvalue weighted by Gasteiger charge is 2.17. The van der Waals surface area contributed by atoms with E-state index < -0.39 is 0 Å². The van der Waals surface area contributed by atoms with E-state index in [1.54, 1.807) is 42.5 Å². The zero-order chi connectivity index (χ0) is 20.8. The van der Waals surface area contributed by atoms with Crippen molar-refractivity contribution >= 4 is 33.4 Å². The summed E-state index contributed by atoms with van der Waals surface area (Å²) in [5.41, 5.74) is 1.77. The first kappa shape index (κ1) is 21.4. The number of carbonyl (C=O) groups is 2. The van der Waals surface area contributed by atoms with Gasteiger partial charge in [-0.2, -0.15) is 0 Å². The summed E-state index contributed by atoms with van der Waals surface area (Å²) in [4.78, 5) is 24.9. The minimum Gasteiger partial charge on any atom is -0.490 e. The second-order valence-electron chi connectivity index (χ2n) is 7.65. The van der Waals surface area contributed by atoms with Gasteiger partial charge in [0.25, 0.3) is 11.8 Å². The second kappa shape index (κ2) is 9.92. The van der Waals surface area contributed by atoms with Crippen LogP contribution in [0, 0.1) is 0 Å². The van der Waals surface area contributed by atoms with Crippen molar-refractivity contribution in [2.75, 3.05) is 5.32 Å². The maximum absolute atomic E-state index is 12.5. The van der Waals surface area contributed by atoms with Crippen molar-refractivity contribution in [3.63, 3.8) is 0 Å². The van der Waals surface area contributed by atoms with Gasteiger partial charge in [0.1, 0.15) is 5.75 Å². The van der Waals surface area contributed by atoms with Crippen LogP contribution < -0.4 is 15.4 Å². The van der Waals surface area contributed by atoms with Gasteiger partial charge >= 0.3 is 0 Å². The summed E-state index contributed by atoms with van der Waals surface area (Å²) in [6.45, 7) is 3.90. The Morgan fingerprint density at radius 2 is 1.62 bits per heavy atom. The molecule has 0 aromatic heterocycles. The lowest BCUT2D eigenvalue weighted by Crippen LogP contribution is -2.36. The Balaban J connectivity index is 1.59. The third-order valence-corrected chi connectivity index (χ3v) is 5.52. The van der Waals surface area contributed by atoms with Crippen LogP contribution in [-0.4, -0.2) is 24.0 Å². The molecule has 2 aromatic rings. The lowest BCUT2D eigenvalue weighted by molar-refractivity contribution is 0.0927. The molecule has 2 amide bonds. The Kier molecular flexibility index (Phi) is 7.31. The number of carbonyl (C=O) groups excluding carboxylic acids is 2. The van der Waals surface area contributed by atoms with Crippen LogP contribution >= 0.6 is 15.9 Å². The standard InChI is InChI=1S/C23H27BrN2O3/c1-15(2)29-21-13-10-17(14-20(21)24)23(28)26-19-11-8-16(9-12-19)22(27)25-18-6-4-3-5-7-18/h8-15,18H,3-7H2,1-2H3,(H,25,27)(H,26,28). The highest BCUT2D eigenvalue weighted by molar-refractivity contribution is 9.10. The molecule has 3 rings (SSSR count). The van der Waals surface area contributed by atoms with Gasteiger partial charge in [-0.1, -0.05) is 19.3 Å². The number of halogens is 1. The summed E-state index contributed by atoms with van der Waals surface area (Å²) in [7, 11) is 0. The molecule has 2 N–H and O–H groups in total. The molecule has 0 spiro atoms. The van der Waals surface area contributed by atoms with Crippen molar-refractivity contribution in [1.29, 1.82) is 0 Å². The van der Waals surface area contributed by atoms with Crippen LogP contribution in [0.15, 0.2) is 46.9 Å². The summed E-state index contributed by atoms with van der Waals surface area (Å²) < 4.78 is 6.40. The van der Waals surface area contributed by atoms with E-state index in [1.165, 1.54) is 19.3 Å². The summed E-state index contributed by atoms with van der Waals surface area (Å²) in [5, 5.41) is 5.96. The molecule has 2 aromatic carbocycles. The normalized spacial score (nSPS) is 14.5. The molecule has 0 heterocycles. The van der Waals surface area contributed by atoms with Crippen LogP contribution in [0.2, 0.25) is 0 Å². The van der Waals surface area contributed by atoms with Crippen molar-refractivity contribution in [1.82, 2.24) is 5.32 Å². The topological polar surface area (TPSA) is 67.4 Å². The van der Waals surface area contributed by atoms with Crippen molar-refractivity contribution in [2.45, 2.75) is 58.1 Å². The fourth-order valence-electron chi connectivity index (χ4n) is 3.42. The first-order chi connectivity index (χ1) is 13.9. The number of nitrogens with one attached hydrogen (secondary N) is 2.